The van der Waals surface area contributed by atoms with Gasteiger partial charge in [-0.2, -0.15) is 0 Å². The molecule has 2 N–H and O–H groups in total. The van der Waals surface area contributed by atoms with Crippen molar-refractivity contribution in [3.63, 3.8) is 0 Å². The zero-order chi connectivity index (χ0) is 18.6. The number of aryl methyl sites for hydroxylation is 2. The molecule has 0 spiro atoms. The Balaban J connectivity index is 1.38. The summed E-state index contributed by atoms with van der Waals surface area (Å²) in [4.78, 5) is 14.7. The minimum atomic E-state index is 0.188. The van der Waals surface area contributed by atoms with Gasteiger partial charge in [0.25, 0.3) is 0 Å². The van der Waals surface area contributed by atoms with Crippen LogP contribution in [0.3, 0.4) is 0 Å². The summed E-state index contributed by atoms with van der Waals surface area (Å²) in [6.45, 7) is 5.24. The normalized spacial score (nSPS) is 25.7. The number of likely N-dealkylation sites (tertiary alicyclic amines) is 1. The van der Waals surface area contributed by atoms with Crippen molar-refractivity contribution in [1.82, 2.24) is 36.0 Å². The highest BCUT2D eigenvalue weighted by Gasteiger charge is 2.37. The van der Waals surface area contributed by atoms with E-state index < -0.39 is 0 Å². The van der Waals surface area contributed by atoms with Gasteiger partial charge in [-0.3, -0.25) is 15.6 Å². The number of carbonyl (C=O) groups is 1. The smallest absolute Gasteiger partial charge is 0.224 e. The van der Waals surface area contributed by atoms with E-state index in [9.17, 15) is 4.79 Å². The largest absolute Gasteiger partial charge is 0.342 e. The maximum atomic E-state index is 12.7. The van der Waals surface area contributed by atoms with Crippen LogP contribution in [-0.2, 0) is 11.3 Å². The van der Waals surface area contributed by atoms with E-state index in [0.717, 1.165) is 32.5 Å². The average molecular weight is 369 g/mol. The molecular weight excluding hydrogens is 342 g/mol. The molecule has 2 aliphatic rings. The van der Waals surface area contributed by atoms with E-state index in [-0.39, 0.29) is 5.91 Å². The van der Waals surface area contributed by atoms with Gasteiger partial charge in [-0.05, 0) is 41.7 Å². The first-order valence-electron chi connectivity index (χ1n) is 9.74. The number of benzene rings is 1. The van der Waals surface area contributed by atoms with E-state index in [2.05, 4.69) is 57.6 Å². The molecule has 2 saturated heterocycles. The molecule has 3 heterocycles. The summed E-state index contributed by atoms with van der Waals surface area (Å²) < 4.78 is 1.61. The fraction of sp³-hybridized carbons (Fsp3) is 0.579. The molecule has 2 aromatic rings. The molecule has 3 atom stereocenters. The quantitative estimate of drug-likeness (QED) is 0.813. The van der Waals surface area contributed by atoms with E-state index in [4.69, 9.17) is 0 Å². The molecule has 8 nitrogen and oxygen atoms in total. The number of hydrogen-bond acceptors (Lipinski definition) is 6. The standard InChI is InChI=1S/C19H27N7O/c1-14-4-6-15(7-5-14)17-11-20-22-19(17)16-3-2-9-25(12-16)18(27)8-10-26-13-21-23-24-26/h4-7,13,16-17,19-20,22H,2-3,8-12H2,1H3. The Bertz CT molecular complexity index is 746. The van der Waals surface area contributed by atoms with Crippen molar-refractivity contribution in [2.75, 3.05) is 19.6 Å². The third-order valence-corrected chi connectivity index (χ3v) is 5.79. The predicted molar refractivity (Wildman–Crippen MR) is 101 cm³/mol. The first-order chi connectivity index (χ1) is 13.2. The zero-order valence-electron chi connectivity index (χ0n) is 15.7. The van der Waals surface area contributed by atoms with Gasteiger partial charge in [-0.15, -0.1) is 5.10 Å². The Morgan fingerprint density at radius 2 is 2.15 bits per heavy atom. The molecule has 144 valence electrons. The number of piperidine rings is 1. The Kier molecular flexibility index (Phi) is 5.45. The van der Waals surface area contributed by atoms with Gasteiger partial charge in [0.15, 0.2) is 0 Å². The van der Waals surface area contributed by atoms with Crippen molar-refractivity contribution in [1.29, 1.82) is 0 Å². The molecule has 8 heteroatoms. The van der Waals surface area contributed by atoms with Gasteiger partial charge >= 0.3 is 0 Å². The van der Waals surface area contributed by atoms with Crippen molar-refractivity contribution >= 4 is 5.91 Å². The van der Waals surface area contributed by atoms with Gasteiger partial charge in [0.1, 0.15) is 6.33 Å². The molecule has 2 aliphatic heterocycles. The molecule has 27 heavy (non-hydrogen) atoms. The van der Waals surface area contributed by atoms with Crippen LogP contribution in [0.25, 0.3) is 0 Å². The van der Waals surface area contributed by atoms with E-state index in [1.165, 1.54) is 11.1 Å². The summed E-state index contributed by atoms with van der Waals surface area (Å²) in [5.74, 6) is 1.08. The van der Waals surface area contributed by atoms with Crippen LogP contribution in [0.1, 0.15) is 36.3 Å². The minimum Gasteiger partial charge on any atom is -0.342 e. The maximum absolute atomic E-state index is 12.7. The maximum Gasteiger partial charge on any atom is 0.224 e. The lowest BCUT2D eigenvalue weighted by Gasteiger charge is -2.37. The fourth-order valence-corrected chi connectivity index (χ4v) is 4.28. The molecule has 3 unspecified atom stereocenters. The van der Waals surface area contributed by atoms with Crippen LogP contribution in [0.4, 0.5) is 0 Å². The first kappa shape index (κ1) is 18.1. The van der Waals surface area contributed by atoms with E-state index >= 15 is 0 Å². The number of tetrazole rings is 1. The molecule has 4 rings (SSSR count). The van der Waals surface area contributed by atoms with Crippen LogP contribution in [0.2, 0.25) is 0 Å². The second kappa shape index (κ2) is 8.14. The van der Waals surface area contributed by atoms with Crippen LogP contribution in [0.5, 0.6) is 0 Å². The Labute approximate surface area is 159 Å². The van der Waals surface area contributed by atoms with Gasteiger partial charge in [0.05, 0.1) is 6.54 Å². The number of nitrogens with one attached hydrogen (secondary N) is 2. The van der Waals surface area contributed by atoms with Gasteiger partial charge < -0.3 is 4.90 Å². The summed E-state index contributed by atoms with van der Waals surface area (Å²) >= 11 is 0. The third kappa shape index (κ3) is 4.17. The molecular formula is C19H27N7O. The minimum absolute atomic E-state index is 0.188. The van der Waals surface area contributed by atoms with E-state index in [1.807, 2.05) is 4.90 Å². The Hall–Kier alpha value is -2.32. The van der Waals surface area contributed by atoms with Gasteiger partial charge in [0.2, 0.25) is 5.91 Å². The zero-order valence-corrected chi connectivity index (χ0v) is 15.7. The lowest BCUT2D eigenvalue weighted by atomic mass is 9.81. The molecule has 1 amide bonds. The molecule has 1 aromatic heterocycles. The van der Waals surface area contributed by atoms with Gasteiger partial charge in [0, 0.05) is 38.0 Å². The number of hydrazine groups is 1. The lowest BCUT2D eigenvalue weighted by molar-refractivity contribution is -0.133. The van der Waals surface area contributed by atoms with Crippen molar-refractivity contribution in [2.45, 2.75) is 44.7 Å². The number of nitrogens with zero attached hydrogens (tertiary/aromatic N) is 5. The molecule has 0 aliphatic carbocycles. The van der Waals surface area contributed by atoms with Crippen LogP contribution < -0.4 is 10.9 Å². The highest BCUT2D eigenvalue weighted by Crippen LogP contribution is 2.32. The SMILES string of the molecule is Cc1ccc(C2CNNC2C2CCCN(C(=O)CCn3cnnn3)C2)cc1. The van der Waals surface area contributed by atoms with Gasteiger partial charge in [-0.1, -0.05) is 29.8 Å². The van der Waals surface area contributed by atoms with Crippen molar-refractivity contribution < 1.29 is 4.79 Å². The van der Waals surface area contributed by atoms with Crippen LogP contribution in [0, 0.1) is 12.8 Å². The van der Waals surface area contributed by atoms with Crippen molar-refractivity contribution in [3.05, 3.63) is 41.7 Å². The van der Waals surface area contributed by atoms with Crippen molar-refractivity contribution in [3.8, 4) is 0 Å². The van der Waals surface area contributed by atoms with Crippen molar-refractivity contribution in [2.24, 2.45) is 5.92 Å². The van der Waals surface area contributed by atoms with Crippen LogP contribution in [0.15, 0.2) is 30.6 Å². The number of rotatable bonds is 5. The number of amides is 1. The lowest BCUT2D eigenvalue weighted by Crippen LogP contribution is -2.48. The third-order valence-electron chi connectivity index (χ3n) is 5.79. The second-order valence-electron chi connectivity index (χ2n) is 7.63. The number of aromatic nitrogens is 4. The summed E-state index contributed by atoms with van der Waals surface area (Å²) in [6, 6.07) is 9.18. The first-order valence-corrected chi connectivity index (χ1v) is 9.74. The fourth-order valence-electron chi connectivity index (χ4n) is 4.28. The highest BCUT2D eigenvalue weighted by molar-refractivity contribution is 5.76. The van der Waals surface area contributed by atoms with E-state index in [0.29, 0.717) is 30.8 Å². The molecule has 0 saturated carbocycles. The van der Waals surface area contributed by atoms with Crippen LogP contribution >= 0.6 is 0 Å². The monoisotopic (exact) mass is 369 g/mol. The average Bonchev–Trinajstić information content (AvgIpc) is 3.39. The highest BCUT2D eigenvalue weighted by atomic mass is 16.2. The summed E-state index contributed by atoms with van der Waals surface area (Å²) in [5, 5.41) is 11.1. The number of hydrogen-bond donors (Lipinski definition) is 2. The molecule has 2 fully saturated rings. The molecule has 0 bridgehead atoms. The summed E-state index contributed by atoms with van der Waals surface area (Å²) in [7, 11) is 0. The van der Waals surface area contributed by atoms with Gasteiger partial charge in [-0.25, -0.2) is 4.68 Å². The Morgan fingerprint density at radius 1 is 1.30 bits per heavy atom. The van der Waals surface area contributed by atoms with Crippen LogP contribution in [-0.4, -0.2) is 56.7 Å². The number of carbonyl (C=O) groups excluding carboxylic acids is 1. The summed E-state index contributed by atoms with van der Waals surface area (Å²) in [5.41, 5.74) is 9.48. The summed E-state index contributed by atoms with van der Waals surface area (Å²) in [6.07, 6.45) is 4.20. The van der Waals surface area contributed by atoms with E-state index in [1.54, 1.807) is 11.0 Å². The topological polar surface area (TPSA) is 88.0 Å². The molecule has 1 aromatic carbocycles. The predicted octanol–water partition coefficient (Wildman–Crippen LogP) is 0.870. The Morgan fingerprint density at radius 3 is 2.93 bits per heavy atom. The molecule has 0 radical (unpaired) electrons. The second-order valence-corrected chi connectivity index (χ2v) is 7.63.